The fourth-order valence-corrected chi connectivity index (χ4v) is 2.74. The van der Waals surface area contributed by atoms with Gasteiger partial charge in [0, 0.05) is 5.92 Å². The van der Waals surface area contributed by atoms with Crippen molar-refractivity contribution in [3.8, 4) is 5.75 Å². The van der Waals surface area contributed by atoms with E-state index in [1.165, 1.54) is 16.7 Å². The Morgan fingerprint density at radius 3 is 2.43 bits per heavy atom. The molecule has 2 nitrogen and oxygen atoms in total. The van der Waals surface area contributed by atoms with E-state index in [2.05, 4.69) is 56.3 Å². The highest BCUT2D eigenvalue weighted by molar-refractivity contribution is 5.32. The van der Waals surface area contributed by atoms with E-state index in [0.29, 0.717) is 12.5 Å². The molecule has 0 bridgehead atoms. The zero-order valence-corrected chi connectivity index (χ0v) is 14.4. The molecule has 0 spiro atoms. The summed E-state index contributed by atoms with van der Waals surface area (Å²) in [4.78, 5) is 0. The first kappa shape index (κ1) is 17.6. The van der Waals surface area contributed by atoms with Gasteiger partial charge in [0.05, 0.1) is 6.61 Å². The minimum atomic E-state index is 0.354. The molecular weight excluding hydrogens is 282 g/mol. The minimum absolute atomic E-state index is 0.354. The standard InChI is InChI=1S/C21H29NO/c1-3-5-13-23-21-8-6-7-18(15-21)14-20(16-22)19-11-9-17(4-2)10-12-19/h6-12,15,20H,3-5,13-14,16,22H2,1-2H3. The lowest BCUT2D eigenvalue weighted by atomic mass is 9.91. The maximum absolute atomic E-state index is 6.03. The van der Waals surface area contributed by atoms with Crippen LogP contribution in [0.25, 0.3) is 0 Å². The number of benzene rings is 2. The third-order valence-electron chi connectivity index (χ3n) is 4.29. The van der Waals surface area contributed by atoms with E-state index >= 15 is 0 Å². The van der Waals surface area contributed by atoms with Crippen LogP contribution in [0.2, 0.25) is 0 Å². The van der Waals surface area contributed by atoms with Crippen LogP contribution in [0.4, 0.5) is 0 Å². The predicted molar refractivity (Wildman–Crippen MR) is 98.2 cm³/mol. The summed E-state index contributed by atoms with van der Waals surface area (Å²) in [6, 6.07) is 17.3. The zero-order chi connectivity index (χ0) is 16.5. The van der Waals surface area contributed by atoms with Crippen molar-refractivity contribution in [3.63, 3.8) is 0 Å². The van der Waals surface area contributed by atoms with Crippen molar-refractivity contribution in [1.29, 1.82) is 0 Å². The molecule has 23 heavy (non-hydrogen) atoms. The number of hydrogen-bond donors (Lipinski definition) is 1. The lowest BCUT2D eigenvalue weighted by molar-refractivity contribution is 0.309. The molecule has 2 N–H and O–H groups in total. The number of nitrogens with two attached hydrogens (primary N) is 1. The van der Waals surface area contributed by atoms with Crippen LogP contribution in [0, 0.1) is 0 Å². The van der Waals surface area contributed by atoms with Crippen LogP contribution in [0.1, 0.15) is 49.3 Å². The van der Waals surface area contributed by atoms with E-state index in [9.17, 15) is 0 Å². The number of ether oxygens (including phenoxy) is 1. The molecule has 1 atom stereocenters. The molecule has 0 heterocycles. The quantitative estimate of drug-likeness (QED) is 0.680. The van der Waals surface area contributed by atoms with Crippen molar-refractivity contribution in [3.05, 3.63) is 65.2 Å². The molecule has 1 unspecified atom stereocenters. The van der Waals surface area contributed by atoms with Gasteiger partial charge in [0.1, 0.15) is 5.75 Å². The predicted octanol–water partition coefficient (Wildman–Crippen LogP) is 4.71. The van der Waals surface area contributed by atoms with Crippen molar-refractivity contribution in [1.82, 2.24) is 0 Å². The summed E-state index contributed by atoms with van der Waals surface area (Å²) in [5.74, 6) is 1.32. The maximum atomic E-state index is 6.03. The average Bonchev–Trinajstić information content (AvgIpc) is 2.60. The summed E-state index contributed by atoms with van der Waals surface area (Å²) >= 11 is 0. The average molecular weight is 311 g/mol. The lowest BCUT2D eigenvalue weighted by Gasteiger charge is -2.16. The summed E-state index contributed by atoms with van der Waals surface area (Å²) in [6.45, 7) is 5.81. The van der Waals surface area contributed by atoms with Gasteiger partial charge in [-0.2, -0.15) is 0 Å². The van der Waals surface area contributed by atoms with Gasteiger partial charge in [-0.15, -0.1) is 0 Å². The molecule has 2 heteroatoms. The van der Waals surface area contributed by atoms with Crippen LogP contribution in [0.15, 0.2) is 48.5 Å². The van der Waals surface area contributed by atoms with Gasteiger partial charge >= 0.3 is 0 Å². The van der Waals surface area contributed by atoms with Crippen LogP contribution in [0.3, 0.4) is 0 Å². The number of hydrogen-bond acceptors (Lipinski definition) is 2. The molecule has 0 aliphatic carbocycles. The topological polar surface area (TPSA) is 35.2 Å². The molecule has 124 valence electrons. The van der Waals surface area contributed by atoms with E-state index in [1.54, 1.807) is 0 Å². The van der Waals surface area contributed by atoms with Gasteiger partial charge in [-0.3, -0.25) is 0 Å². The van der Waals surface area contributed by atoms with E-state index in [-0.39, 0.29) is 0 Å². The molecular formula is C21H29NO. The Labute approximate surface area is 140 Å². The summed E-state index contributed by atoms with van der Waals surface area (Å²) in [5, 5.41) is 0. The third-order valence-corrected chi connectivity index (χ3v) is 4.29. The van der Waals surface area contributed by atoms with Crippen LogP contribution in [-0.2, 0) is 12.8 Å². The Bertz CT molecular complexity index is 577. The van der Waals surface area contributed by atoms with E-state index in [4.69, 9.17) is 10.5 Å². The lowest BCUT2D eigenvalue weighted by Crippen LogP contribution is -2.15. The molecule has 0 aromatic heterocycles. The van der Waals surface area contributed by atoms with Crippen LogP contribution >= 0.6 is 0 Å². The summed E-state index contributed by atoms with van der Waals surface area (Å²) in [5.41, 5.74) is 10.0. The number of aryl methyl sites for hydroxylation is 1. The van der Waals surface area contributed by atoms with Gasteiger partial charge in [0.15, 0.2) is 0 Å². The zero-order valence-electron chi connectivity index (χ0n) is 14.4. The summed E-state index contributed by atoms with van der Waals surface area (Å²) in [7, 11) is 0. The van der Waals surface area contributed by atoms with Crippen molar-refractivity contribution < 1.29 is 4.74 Å². The molecule has 0 aliphatic rings. The second kappa shape index (κ2) is 9.36. The smallest absolute Gasteiger partial charge is 0.119 e. The van der Waals surface area contributed by atoms with E-state index < -0.39 is 0 Å². The Morgan fingerprint density at radius 2 is 1.78 bits per heavy atom. The third kappa shape index (κ3) is 5.40. The van der Waals surface area contributed by atoms with Gasteiger partial charge in [0.25, 0.3) is 0 Å². The molecule has 0 amide bonds. The van der Waals surface area contributed by atoms with Gasteiger partial charge in [0.2, 0.25) is 0 Å². The van der Waals surface area contributed by atoms with Crippen molar-refractivity contribution in [2.24, 2.45) is 5.73 Å². The highest BCUT2D eigenvalue weighted by Gasteiger charge is 2.11. The largest absolute Gasteiger partial charge is 0.494 e. The molecule has 2 aromatic carbocycles. The first-order valence-corrected chi connectivity index (χ1v) is 8.77. The second-order valence-electron chi connectivity index (χ2n) is 6.08. The molecule has 2 rings (SSSR count). The Balaban J connectivity index is 2.04. The highest BCUT2D eigenvalue weighted by atomic mass is 16.5. The van der Waals surface area contributed by atoms with E-state index in [0.717, 1.165) is 38.0 Å². The van der Waals surface area contributed by atoms with Gasteiger partial charge in [-0.1, -0.05) is 56.7 Å². The first-order chi connectivity index (χ1) is 11.3. The monoisotopic (exact) mass is 311 g/mol. The second-order valence-corrected chi connectivity index (χ2v) is 6.08. The Hall–Kier alpha value is -1.80. The highest BCUT2D eigenvalue weighted by Crippen LogP contribution is 2.23. The van der Waals surface area contributed by atoms with Crippen molar-refractivity contribution in [2.75, 3.05) is 13.2 Å². The minimum Gasteiger partial charge on any atom is -0.494 e. The van der Waals surface area contributed by atoms with Gasteiger partial charge in [-0.25, -0.2) is 0 Å². The number of unbranched alkanes of at least 4 members (excludes halogenated alkanes) is 1. The Morgan fingerprint density at radius 1 is 1.00 bits per heavy atom. The summed E-state index contributed by atoms with van der Waals surface area (Å²) in [6.07, 6.45) is 4.28. The van der Waals surface area contributed by atoms with Crippen LogP contribution < -0.4 is 10.5 Å². The van der Waals surface area contributed by atoms with Gasteiger partial charge in [-0.05, 0) is 54.6 Å². The summed E-state index contributed by atoms with van der Waals surface area (Å²) < 4.78 is 5.81. The molecule has 0 aliphatic heterocycles. The maximum Gasteiger partial charge on any atom is 0.119 e. The molecule has 0 saturated heterocycles. The van der Waals surface area contributed by atoms with Crippen LogP contribution in [0.5, 0.6) is 5.75 Å². The fourth-order valence-electron chi connectivity index (χ4n) is 2.74. The molecule has 0 saturated carbocycles. The fraction of sp³-hybridized carbons (Fsp3) is 0.429. The van der Waals surface area contributed by atoms with E-state index in [1.807, 2.05) is 6.07 Å². The van der Waals surface area contributed by atoms with Gasteiger partial charge < -0.3 is 10.5 Å². The normalized spacial score (nSPS) is 12.1. The van der Waals surface area contributed by atoms with Crippen molar-refractivity contribution >= 4 is 0 Å². The van der Waals surface area contributed by atoms with Crippen LogP contribution in [-0.4, -0.2) is 13.2 Å². The molecule has 2 aromatic rings. The molecule has 0 radical (unpaired) electrons. The molecule has 0 fully saturated rings. The van der Waals surface area contributed by atoms with Crippen molar-refractivity contribution in [2.45, 2.75) is 45.4 Å². The SMILES string of the molecule is CCCCOc1cccc(CC(CN)c2ccc(CC)cc2)c1. The Kier molecular flexibility index (Phi) is 7.15. The number of rotatable bonds is 9. The first-order valence-electron chi connectivity index (χ1n) is 8.77.